The summed E-state index contributed by atoms with van der Waals surface area (Å²) in [6.07, 6.45) is 0. The first-order valence-corrected chi connectivity index (χ1v) is 9.67. The van der Waals surface area contributed by atoms with Crippen LogP contribution in [0, 0.1) is 14.1 Å². The van der Waals surface area contributed by atoms with Crippen LogP contribution in [0.2, 0.25) is 0 Å². The molecule has 0 spiro atoms. The Hall–Kier alpha value is 0.480. The third-order valence-electron chi connectivity index (χ3n) is 2.29. The summed E-state index contributed by atoms with van der Waals surface area (Å²) in [7, 11) is 0. The van der Waals surface area contributed by atoms with Crippen molar-refractivity contribution in [1.29, 1.82) is 0 Å². The van der Waals surface area contributed by atoms with Gasteiger partial charge >= 0.3 is 114 Å². The van der Waals surface area contributed by atoms with E-state index in [0.717, 1.165) is 3.57 Å². The van der Waals surface area contributed by atoms with Crippen molar-refractivity contribution in [1.82, 2.24) is 0 Å². The first kappa shape index (κ1) is 13.5. The summed E-state index contributed by atoms with van der Waals surface area (Å²) in [6, 6.07) is 4.46. The fourth-order valence-electron chi connectivity index (χ4n) is 1.59. The van der Waals surface area contributed by atoms with Crippen molar-refractivity contribution in [2.45, 2.75) is 33.6 Å². The fraction of sp³-hybridized carbons (Fsp3) is 0.500. The first-order chi connectivity index (χ1) is 7.10. The Morgan fingerprint density at radius 1 is 1.40 bits per heavy atom. The first-order valence-electron chi connectivity index (χ1n) is 5.10. The van der Waals surface area contributed by atoms with Crippen molar-refractivity contribution < 1.29 is 24.3 Å². The third kappa shape index (κ3) is 3.47. The molecule has 0 fully saturated rings. The van der Waals surface area contributed by atoms with E-state index >= 15 is 0 Å². The Balaban J connectivity index is 3.22. The molecule has 0 aliphatic carbocycles. The van der Waals surface area contributed by atoms with Crippen LogP contribution < -0.4 is 21.2 Å². The van der Waals surface area contributed by atoms with E-state index in [1.807, 2.05) is 0 Å². The molecule has 0 unspecified atom stereocenters. The van der Waals surface area contributed by atoms with Gasteiger partial charge in [0.1, 0.15) is 0 Å². The van der Waals surface area contributed by atoms with Crippen LogP contribution in [-0.2, 0) is 3.07 Å². The molecule has 86 valence electrons. The number of alkyl halides is 1. The van der Waals surface area contributed by atoms with E-state index in [1.165, 1.54) is 19.1 Å². The fourth-order valence-corrected chi connectivity index (χ4v) is 5.97. The van der Waals surface area contributed by atoms with Gasteiger partial charge in [-0.2, -0.15) is 0 Å². The topological polar surface area (TPSA) is 17.1 Å². The van der Waals surface area contributed by atoms with Crippen molar-refractivity contribution in [2.75, 3.05) is 4.43 Å². The maximum absolute atomic E-state index is 11.2. The van der Waals surface area contributed by atoms with Crippen LogP contribution in [-0.4, -0.2) is 4.43 Å². The molecule has 0 saturated carbocycles. The predicted octanol–water partition coefficient (Wildman–Crippen LogP) is 0.883. The molecule has 0 saturated heterocycles. The second-order valence-corrected chi connectivity index (χ2v) is 8.81. The van der Waals surface area contributed by atoms with Gasteiger partial charge in [0.15, 0.2) is 0 Å². The molecule has 1 aromatic rings. The van der Waals surface area contributed by atoms with Crippen LogP contribution in [0.4, 0.5) is 0 Å². The van der Waals surface area contributed by atoms with Gasteiger partial charge in [0.05, 0.1) is 0 Å². The molecule has 1 aromatic carbocycles. The van der Waals surface area contributed by atoms with Crippen LogP contribution in [0.5, 0.6) is 0 Å². The Labute approximate surface area is 113 Å². The minimum atomic E-state index is -1.00. The molecule has 0 atom stereocenters. The molecule has 1 nitrogen and oxygen atoms in total. The molecule has 0 aliphatic heterocycles. The molecule has 0 N–H and O–H groups in total. The number of rotatable bonds is 4. The Morgan fingerprint density at radius 3 is 2.53 bits per heavy atom. The molecule has 0 amide bonds. The molecule has 3 heteroatoms. The van der Waals surface area contributed by atoms with E-state index in [1.54, 1.807) is 0 Å². The van der Waals surface area contributed by atoms with E-state index in [2.05, 4.69) is 39.8 Å². The Kier molecular flexibility index (Phi) is 5.66. The van der Waals surface area contributed by atoms with E-state index in [9.17, 15) is 3.07 Å². The van der Waals surface area contributed by atoms with E-state index in [0.29, 0.717) is 5.92 Å². The van der Waals surface area contributed by atoms with Crippen molar-refractivity contribution >= 4 is 21.2 Å². The third-order valence-corrected chi connectivity index (χ3v) is 7.17. The van der Waals surface area contributed by atoms with Gasteiger partial charge in [0, 0.05) is 0 Å². The summed E-state index contributed by atoms with van der Waals surface area (Å²) in [5.41, 5.74) is 2.73. The second kappa shape index (κ2) is 6.27. The summed E-state index contributed by atoms with van der Waals surface area (Å²) in [4.78, 5) is 0. The van der Waals surface area contributed by atoms with Gasteiger partial charge in [0.25, 0.3) is 0 Å². The summed E-state index contributed by atoms with van der Waals surface area (Å²) in [6.45, 7) is 8.78. The number of hydrogen-bond acceptors (Lipinski definition) is 1. The maximum atomic E-state index is 11.2. The molecule has 0 heterocycles. The van der Waals surface area contributed by atoms with Crippen molar-refractivity contribution in [3.63, 3.8) is 0 Å². The van der Waals surface area contributed by atoms with Gasteiger partial charge < -0.3 is 0 Å². The van der Waals surface area contributed by atoms with Crippen molar-refractivity contribution in [2.24, 2.45) is 0 Å². The molecular weight excluding hydrogens is 414 g/mol. The summed E-state index contributed by atoms with van der Waals surface area (Å²) in [5, 5.41) is 0. The minimum absolute atomic E-state index is 0.0799. The summed E-state index contributed by atoms with van der Waals surface area (Å²) < 4.78 is 15.0. The Bertz CT molecular complexity index is 359. The molecule has 0 bridgehead atoms. The quantitative estimate of drug-likeness (QED) is 0.512. The van der Waals surface area contributed by atoms with Crippen LogP contribution in [0.25, 0.3) is 0 Å². The average Bonchev–Trinajstić information content (AvgIpc) is 2.18. The average molecular weight is 431 g/mol. The monoisotopic (exact) mass is 431 g/mol. The Morgan fingerprint density at radius 2 is 2.07 bits per heavy atom. The molecule has 0 aliphatic rings. The molecule has 1 rings (SSSR count). The molecule has 15 heavy (non-hydrogen) atoms. The SMILES string of the molecule is CC[I-]c1cc(C)c(C(C)C)cc1I=O. The van der Waals surface area contributed by atoms with Crippen LogP contribution in [0.15, 0.2) is 12.1 Å². The molecule has 0 aromatic heterocycles. The summed E-state index contributed by atoms with van der Waals surface area (Å²) >= 11 is -0.922. The standard InChI is InChI=1S/C12H17I2O/c1-5-13-11-6-9(4)10(8(2)3)7-12(11)14-15/h6-8H,5H2,1-4H3/q-1. The van der Waals surface area contributed by atoms with Crippen molar-refractivity contribution in [3.8, 4) is 0 Å². The predicted molar refractivity (Wildman–Crippen MR) is 67.9 cm³/mol. The van der Waals surface area contributed by atoms with Gasteiger partial charge in [-0.05, 0) is 0 Å². The second-order valence-electron chi connectivity index (χ2n) is 3.76. The van der Waals surface area contributed by atoms with Gasteiger partial charge in [0.2, 0.25) is 0 Å². The van der Waals surface area contributed by atoms with Gasteiger partial charge in [-0.25, -0.2) is 0 Å². The van der Waals surface area contributed by atoms with Gasteiger partial charge in [-0.15, -0.1) is 0 Å². The number of aryl methyl sites for hydroxylation is 1. The summed E-state index contributed by atoms with van der Waals surface area (Å²) in [5.74, 6) is 0.535. The zero-order valence-electron chi connectivity index (χ0n) is 9.60. The van der Waals surface area contributed by atoms with Crippen LogP contribution in [0.1, 0.15) is 37.8 Å². The molecular formula is C12H17I2O-. The normalized spacial score (nSPS) is 11.3. The number of halogens is 2. The van der Waals surface area contributed by atoms with Crippen LogP contribution in [0.3, 0.4) is 0 Å². The number of hydrogen-bond donors (Lipinski definition) is 0. The number of benzene rings is 1. The van der Waals surface area contributed by atoms with Gasteiger partial charge in [-0.1, -0.05) is 0 Å². The van der Waals surface area contributed by atoms with Crippen LogP contribution >= 0.6 is 21.2 Å². The zero-order chi connectivity index (χ0) is 11.4. The molecule has 0 radical (unpaired) electrons. The van der Waals surface area contributed by atoms with Gasteiger partial charge in [-0.3, -0.25) is 0 Å². The zero-order valence-corrected chi connectivity index (χ0v) is 13.9. The van der Waals surface area contributed by atoms with E-state index < -0.39 is 21.2 Å². The van der Waals surface area contributed by atoms with Crippen molar-refractivity contribution in [3.05, 3.63) is 30.4 Å². The van der Waals surface area contributed by atoms with E-state index in [4.69, 9.17) is 0 Å². The van der Waals surface area contributed by atoms with E-state index in [-0.39, 0.29) is 21.2 Å².